The number of nitrogens with one attached hydrogen (secondary N) is 1. The monoisotopic (exact) mass is 413 g/mol. The molecule has 2 aliphatic heterocycles. The van der Waals surface area contributed by atoms with Crippen molar-refractivity contribution >= 4 is 28.3 Å². The van der Waals surface area contributed by atoms with Gasteiger partial charge in [-0.1, -0.05) is 6.07 Å². The van der Waals surface area contributed by atoms with E-state index in [-0.39, 0.29) is 30.4 Å². The second-order valence-corrected chi connectivity index (χ2v) is 9.49. The standard InChI is InChI=1S/C19H27N3O3S.ClH/c1-14(23)21-10-7-15-2-5-19(12-16(15)8-11-21)26(24,25)22(17-3-4-17)18-6-9-20-13-18;/h2,5,12,17-18,20H,3-4,6-11,13H2,1H3;1H. The Balaban J connectivity index is 0.00000210. The predicted molar refractivity (Wildman–Crippen MR) is 107 cm³/mol. The lowest BCUT2D eigenvalue weighted by Crippen LogP contribution is -2.43. The van der Waals surface area contributed by atoms with Gasteiger partial charge in [0.2, 0.25) is 15.9 Å². The summed E-state index contributed by atoms with van der Waals surface area (Å²) in [6.07, 6.45) is 4.32. The van der Waals surface area contributed by atoms with Gasteiger partial charge in [-0.3, -0.25) is 4.79 Å². The molecule has 150 valence electrons. The second-order valence-electron chi connectivity index (χ2n) is 7.65. The Morgan fingerprint density at radius 2 is 1.81 bits per heavy atom. The van der Waals surface area contributed by atoms with E-state index in [1.54, 1.807) is 17.3 Å². The van der Waals surface area contributed by atoms with Gasteiger partial charge >= 0.3 is 0 Å². The molecular weight excluding hydrogens is 386 g/mol. The number of rotatable bonds is 4. The van der Waals surface area contributed by atoms with Crippen molar-refractivity contribution in [1.82, 2.24) is 14.5 Å². The van der Waals surface area contributed by atoms with Gasteiger partial charge in [0.1, 0.15) is 0 Å². The minimum atomic E-state index is -3.48. The van der Waals surface area contributed by atoms with Gasteiger partial charge in [-0.15, -0.1) is 12.4 Å². The molecule has 1 saturated carbocycles. The van der Waals surface area contributed by atoms with Crippen LogP contribution in [0.5, 0.6) is 0 Å². The van der Waals surface area contributed by atoms with Crippen molar-refractivity contribution in [2.75, 3.05) is 26.2 Å². The smallest absolute Gasteiger partial charge is 0.243 e. The second kappa shape index (κ2) is 8.07. The van der Waals surface area contributed by atoms with E-state index in [1.165, 1.54) is 0 Å². The third kappa shape index (κ3) is 4.16. The highest BCUT2D eigenvalue weighted by atomic mass is 35.5. The third-order valence-electron chi connectivity index (χ3n) is 5.80. The highest BCUT2D eigenvalue weighted by molar-refractivity contribution is 7.89. The lowest BCUT2D eigenvalue weighted by molar-refractivity contribution is -0.128. The van der Waals surface area contributed by atoms with Crippen LogP contribution in [0.1, 0.15) is 37.3 Å². The largest absolute Gasteiger partial charge is 0.342 e. The minimum Gasteiger partial charge on any atom is -0.342 e. The zero-order chi connectivity index (χ0) is 18.3. The molecule has 1 N–H and O–H groups in total. The van der Waals surface area contributed by atoms with Crippen LogP contribution in [-0.2, 0) is 27.7 Å². The summed E-state index contributed by atoms with van der Waals surface area (Å²) in [6, 6.07) is 5.79. The number of amides is 1. The van der Waals surface area contributed by atoms with Crippen LogP contribution in [0.4, 0.5) is 0 Å². The van der Waals surface area contributed by atoms with E-state index < -0.39 is 10.0 Å². The zero-order valence-electron chi connectivity index (χ0n) is 15.7. The Labute approximate surface area is 167 Å². The van der Waals surface area contributed by atoms with Crippen LogP contribution in [0, 0.1) is 0 Å². The molecule has 0 aromatic heterocycles. The summed E-state index contributed by atoms with van der Waals surface area (Å²) in [6.45, 7) is 4.58. The van der Waals surface area contributed by atoms with Crippen molar-refractivity contribution in [1.29, 1.82) is 0 Å². The molecule has 1 aliphatic carbocycles. The van der Waals surface area contributed by atoms with Crippen LogP contribution >= 0.6 is 12.4 Å². The summed E-state index contributed by atoms with van der Waals surface area (Å²) in [5.74, 6) is 0.0827. The first-order chi connectivity index (χ1) is 12.5. The van der Waals surface area contributed by atoms with E-state index in [4.69, 9.17) is 0 Å². The third-order valence-corrected chi connectivity index (χ3v) is 7.80. The normalized spacial score (nSPS) is 22.9. The van der Waals surface area contributed by atoms with E-state index in [1.807, 2.05) is 17.0 Å². The molecule has 2 heterocycles. The Morgan fingerprint density at radius 1 is 1.11 bits per heavy atom. The Bertz CT molecular complexity index is 804. The molecule has 6 nitrogen and oxygen atoms in total. The van der Waals surface area contributed by atoms with E-state index >= 15 is 0 Å². The summed E-state index contributed by atoms with van der Waals surface area (Å²) in [4.78, 5) is 13.9. The van der Waals surface area contributed by atoms with Crippen LogP contribution in [0.2, 0.25) is 0 Å². The van der Waals surface area contributed by atoms with Gasteiger partial charge in [0, 0.05) is 38.6 Å². The molecule has 1 amide bonds. The number of sulfonamides is 1. The van der Waals surface area contributed by atoms with Crippen LogP contribution in [0.3, 0.4) is 0 Å². The fourth-order valence-corrected chi connectivity index (χ4v) is 6.13. The summed E-state index contributed by atoms with van der Waals surface area (Å²) in [5, 5.41) is 3.29. The molecule has 4 rings (SSSR count). The molecular formula is C19H28ClN3O3S. The number of carbonyl (C=O) groups excluding carboxylic acids is 1. The van der Waals surface area contributed by atoms with Crippen molar-refractivity contribution < 1.29 is 13.2 Å². The average molecular weight is 414 g/mol. The minimum absolute atomic E-state index is 0. The first kappa shape index (κ1) is 20.6. The summed E-state index contributed by atoms with van der Waals surface area (Å²) in [5.41, 5.74) is 2.23. The number of benzene rings is 1. The van der Waals surface area contributed by atoms with Crippen LogP contribution in [0.15, 0.2) is 23.1 Å². The Morgan fingerprint density at radius 3 is 2.41 bits per heavy atom. The van der Waals surface area contributed by atoms with Crippen molar-refractivity contribution in [3.05, 3.63) is 29.3 Å². The fraction of sp³-hybridized carbons (Fsp3) is 0.632. The molecule has 0 spiro atoms. The average Bonchev–Trinajstić information content (AvgIpc) is 3.33. The first-order valence-electron chi connectivity index (χ1n) is 9.58. The number of carbonyl (C=O) groups is 1. The topological polar surface area (TPSA) is 69.7 Å². The molecule has 1 aromatic rings. The molecule has 0 radical (unpaired) electrons. The molecule has 27 heavy (non-hydrogen) atoms. The van der Waals surface area contributed by atoms with Gasteiger partial charge in [-0.2, -0.15) is 4.31 Å². The molecule has 1 aromatic carbocycles. The van der Waals surface area contributed by atoms with Gasteiger partial charge in [0.15, 0.2) is 0 Å². The molecule has 3 aliphatic rings. The summed E-state index contributed by atoms with van der Waals surface area (Å²) >= 11 is 0. The summed E-state index contributed by atoms with van der Waals surface area (Å²) in [7, 11) is -3.48. The highest BCUT2D eigenvalue weighted by Gasteiger charge is 2.43. The molecule has 2 fully saturated rings. The zero-order valence-corrected chi connectivity index (χ0v) is 17.3. The Hall–Kier alpha value is -1.15. The molecule has 1 unspecified atom stereocenters. The number of halogens is 1. The highest BCUT2D eigenvalue weighted by Crippen LogP contribution is 2.36. The van der Waals surface area contributed by atoms with Crippen molar-refractivity contribution in [3.8, 4) is 0 Å². The molecule has 1 saturated heterocycles. The number of hydrogen-bond acceptors (Lipinski definition) is 4. The van der Waals surface area contributed by atoms with Gasteiger partial charge in [0.05, 0.1) is 4.90 Å². The quantitative estimate of drug-likeness (QED) is 0.813. The van der Waals surface area contributed by atoms with E-state index in [0.29, 0.717) is 24.4 Å². The number of nitrogens with zero attached hydrogens (tertiary/aromatic N) is 2. The van der Waals surface area contributed by atoms with Crippen molar-refractivity contribution in [2.45, 2.75) is 56.0 Å². The molecule has 8 heteroatoms. The van der Waals surface area contributed by atoms with Crippen LogP contribution in [0.25, 0.3) is 0 Å². The number of hydrogen-bond donors (Lipinski definition) is 1. The van der Waals surface area contributed by atoms with Crippen LogP contribution < -0.4 is 5.32 Å². The van der Waals surface area contributed by atoms with Crippen molar-refractivity contribution in [2.24, 2.45) is 0 Å². The number of fused-ring (bicyclic) bond motifs is 1. The van der Waals surface area contributed by atoms with Gasteiger partial charge in [-0.05, 0) is 61.9 Å². The van der Waals surface area contributed by atoms with Gasteiger partial charge in [-0.25, -0.2) is 8.42 Å². The van der Waals surface area contributed by atoms with E-state index in [2.05, 4.69) is 5.32 Å². The maximum absolute atomic E-state index is 13.4. The van der Waals surface area contributed by atoms with Gasteiger partial charge in [0.25, 0.3) is 0 Å². The van der Waals surface area contributed by atoms with Gasteiger partial charge < -0.3 is 10.2 Å². The predicted octanol–water partition coefficient (Wildman–Crippen LogP) is 1.57. The van der Waals surface area contributed by atoms with Crippen molar-refractivity contribution in [3.63, 3.8) is 0 Å². The molecule has 0 bridgehead atoms. The maximum Gasteiger partial charge on any atom is 0.243 e. The lowest BCUT2D eigenvalue weighted by Gasteiger charge is -2.28. The summed E-state index contributed by atoms with van der Waals surface area (Å²) < 4.78 is 28.5. The lowest BCUT2D eigenvalue weighted by atomic mass is 10.0. The first-order valence-corrected chi connectivity index (χ1v) is 11.0. The SMILES string of the molecule is CC(=O)N1CCc2ccc(S(=O)(=O)N(C3CC3)C3CCNC3)cc2CC1.Cl. The van der Waals surface area contributed by atoms with E-state index in [0.717, 1.165) is 49.9 Å². The fourth-order valence-electron chi connectivity index (χ4n) is 4.17. The van der Waals surface area contributed by atoms with Crippen LogP contribution in [-0.4, -0.2) is 61.8 Å². The maximum atomic E-state index is 13.4. The Kier molecular flexibility index (Phi) is 6.15. The van der Waals surface area contributed by atoms with E-state index in [9.17, 15) is 13.2 Å². The molecule has 1 atom stereocenters.